The molecular formula is C9H6ClF2NO3. The van der Waals surface area contributed by atoms with Gasteiger partial charge in [0.05, 0.1) is 16.3 Å². The highest BCUT2D eigenvalue weighted by Gasteiger charge is 2.16. The lowest BCUT2D eigenvalue weighted by atomic mass is 10.2. The zero-order valence-electron chi connectivity index (χ0n) is 7.71. The van der Waals surface area contributed by atoms with Crippen LogP contribution in [0.1, 0.15) is 10.4 Å². The number of alkyl halides is 2. The van der Waals surface area contributed by atoms with Gasteiger partial charge in [0.2, 0.25) is 0 Å². The Morgan fingerprint density at radius 1 is 1.38 bits per heavy atom. The summed E-state index contributed by atoms with van der Waals surface area (Å²) in [5.41, 5.74) is -0.156. The van der Waals surface area contributed by atoms with E-state index in [1.165, 1.54) is 0 Å². The van der Waals surface area contributed by atoms with Crippen molar-refractivity contribution in [1.82, 2.24) is 0 Å². The Bertz CT molecular complexity index is 437. The van der Waals surface area contributed by atoms with Gasteiger partial charge in [0.1, 0.15) is 0 Å². The van der Waals surface area contributed by atoms with Gasteiger partial charge in [-0.1, -0.05) is 11.6 Å². The first-order chi connectivity index (χ1) is 7.41. The van der Waals surface area contributed by atoms with Crippen molar-refractivity contribution in [3.8, 4) is 0 Å². The fourth-order valence-electron chi connectivity index (χ4n) is 0.937. The van der Waals surface area contributed by atoms with Crippen LogP contribution in [0.4, 0.5) is 14.5 Å². The van der Waals surface area contributed by atoms with Gasteiger partial charge in [-0.15, -0.1) is 0 Å². The Morgan fingerprint density at radius 2 is 2.00 bits per heavy atom. The molecule has 7 heteroatoms. The summed E-state index contributed by atoms with van der Waals surface area (Å²) in [4.78, 5) is 21.2. The van der Waals surface area contributed by atoms with Gasteiger partial charge in [-0.05, 0) is 18.2 Å². The molecule has 0 radical (unpaired) electrons. The molecule has 2 N–H and O–H groups in total. The monoisotopic (exact) mass is 249 g/mol. The topological polar surface area (TPSA) is 66.4 Å². The van der Waals surface area contributed by atoms with Crippen LogP contribution in [0.15, 0.2) is 18.2 Å². The van der Waals surface area contributed by atoms with Crippen molar-refractivity contribution in [2.75, 3.05) is 5.32 Å². The van der Waals surface area contributed by atoms with Crippen molar-refractivity contribution in [2.24, 2.45) is 0 Å². The molecule has 0 aliphatic carbocycles. The number of hydrogen-bond acceptors (Lipinski definition) is 2. The van der Waals surface area contributed by atoms with Crippen LogP contribution in [0.5, 0.6) is 0 Å². The molecule has 1 aromatic carbocycles. The minimum absolute atomic E-state index is 0.0584. The molecule has 1 aromatic rings. The highest BCUT2D eigenvalue weighted by Crippen LogP contribution is 2.23. The number of anilines is 1. The van der Waals surface area contributed by atoms with Gasteiger partial charge in [-0.2, -0.15) is 8.78 Å². The molecule has 0 saturated heterocycles. The number of amides is 1. The van der Waals surface area contributed by atoms with E-state index >= 15 is 0 Å². The Labute approximate surface area is 93.8 Å². The van der Waals surface area contributed by atoms with Gasteiger partial charge in [0.25, 0.3) is 5.91 Å². The zero-order chi connectivity index (χ0) is 12.3. The molecule has 0 spiro atoms. The number of nitrogens with one attached hydrogen (secondary N) is 1. The van der Waals surface area contributed by atoms with E-state index in [1.54, 1.807) is 0 Å². The van der Waals surface area contributed by atoms with Gasteiger partial charge in [0.15, 0.2) is 0 Å². The van der Waals surface area contributed by atoms with E-state index in [2.05, 4.69) is 0 Å². The van der Waals surface area contributed by atoms with Crippen LogP contribution < -0.4 is 5.32 Å². The molecule has 0 atom stereocenters. The maximum absolute atomic E-state index is 11.9. The Kier molecular flexibility index (Phi) is 3.78. The number of rotatable bonds is 3. The number of aromatic carboxylic acids is 1. The van der Waals surface area contributed by atoms with Crippen LogP contribution in [0.3, 0.4) is 0 Å². The molecular weight excluding hydrogens is 244 g/mol. The largest absolute Gasteiger partial charge is 0.478 e. The summed E-state index contributed by atoms with van der Waals surface area (Å²) in [5.74, 6) is -2.70. The first-order valence-corrected chi connectivity index (χ1v) is 4.41. The van der Waals surface area contributed by atoms with Crippen LogP contribution in [0.25, 0.3) is 0 Å². The second-order valence-corrected chi connectivity index (χ2v) is 3.20. The zero-order valence-corrected chi connectivity index (χ0v) is 8.46. The Morgan fingerprint density at radius 3 is 2.44 bits per heavy atom. The van der Waals surface area contributed by atoms with E-state index < -0.39 is 18.3 Å². The van der Waals surface area contributed by atoms with Gasteiger partial charge >= 0.3 is 12.4 Å². The molecule has 0 heterocycles. The molecule has 16 heavy (non-hydrogen) atoms. The minimum atomic E-state index is -3.16. The Balaban J connectivity index is 2.91. The molecule has 0 unspecified atom stereocenters. The molecule has 0 aliphatic rings. The minimum Gasteiger partial charge on any atom is -0.478 e. The highest BCUT2D eigenvalue weighted by atomic mass is 35.5. The molecule has 0 aliphatic heterocycles. The van der Waals surface area contributed by atoms with E-state index in [0.29, 0.717) is 0 Å². The van der Waals surface area contributed by atoms with E-state index in [1.807, 2.05) is 5.32 Å². The van der Waals surface area contributed by atoms with E-state index in [-0.39, 0.29) is 16.3 Å². The third-order valence-corrected chi connectivity index (χ3v) is 1.98. The first kappa shape index (κ1) is 12.4. The third kappa shape index (κ3) is 2.90. The summed E-state index contributed by atoms with van der Waals surface area (Å²) in [6.07, 6.45) is -3.16. The lowest BCUT2D eigenvalue weighted by molar-refractivity contribution is -0.126. The normalized spacial score (nSPS) is 10.2. The van der Waals surface area contributed by atoms with Crippen LogP contribution >= 0.6 is 11.6 Å². The number of carbonyl (C=O) groups excluding carboxylic acids is 1. The van der Waals surface area contributed by atoms with Crippen molar-refractivity contribution in [2.45, 2.75) is 6.43 Å². The summed E-state index contributed by atoms with van der Waals surface area (Å²) in [6.45, 7) is 0. The number of benzene rings is 1. The first-order valence-electron chi connectivity index (χ1n) is 4.03. The van der Waals surface area contributed by atoms with Crippen molar-refractivity contribution in [3.63, 3.8) is 0 Å². The van der Waals surface area contributed by atoms with Crippen molar-refractivity contribution in [3.05, 3.63) is 28.8 Å². The summed E-state index contributed by atoms with van der Waals surface area (Å²) >= 11 is 5.60. The van der Waals surface area contributed by atoms with Gasteiger partial charge < -0.3 is 10.4 Å². The third-order valence-electron chi connectivity index (χ3n) is 1.67. The average Bonchev–Trinajstić information content (AvgIpc) is 2.20. The molecule has 86 valence electrons. The number of hydrogen-bond donors (Lipinski definition) is 2. The number of carbonyl (C=O) groups is 2. The fourth-order valence-corrected chi connectivity index (χ4v) is 1.16. The van der Waals surface area contributed by atoms with E-state index in [0.717, 1.165) is 18.2 Å². The fraction of sp³-hybridized carbons (Fsp3) is 0.111. The summed E-state index contributed by atoms with van der Waals surface area (Å²) in [6, 6.07) is 3.35. The average molecular weight is 250 g/mol. The maximum atomic E-state index is 11.9. The molecule has 0 bridgehead atoms. The summed E-state index contributed by atoms with van der Waals surface area (Å²) in [7, 11) is 0. The number of carboxylic acid groups (broad SMARTS) is 1. The molecule has 0 fully saturated rings. The van der Waals surface area contributed by atoms with E-state index in [9.17, 15) is 18.4 Å². The van der Waals surface area contributed by atoms with Gasteiger partial charge in [0, 0.05) is 0 Å². The lowest BCUT2D eigenvalue weighted by Gasteiger charge is -2.06. The van der Waals surface area contributed by atoms with Crippen molar-refractivity contribution < 1.29 is 23.5 Å². The second kappa shape index (κ2) is 4.89. The molecule has 1 amide bonds. The SMILES string of the molecule is O=C(O)c1ccc(NC(=O)C(F)F)c(Cl)c1. The summed E-state index contributed by atoms with van der Waals surface area (Å²) in [5, 5.41) is 10.3. The summed E-state index contributed by atoms with van der Waals surface area (Å²) < 4.78 is 23.8. The maximum Gasteiger partial charge on any atom is 0.335 e. The second-order valence-electron chi connectivity index (χ2n) is 2.79. The van der Waals surface area contributed by atoms with Crippen LogP contribution in [0.2, 0.25) is 5.02 Å². The molecule has 1 rings (SSSR count). The molecule has 0 aromatic heterocycles. The van der Waals surface area contributed by atoms with E-state index in [4.69, 9.17) is 16.7 Å². The van der Waals surface area contributed by atoms with Crippen LogP contribution in [-0.4, -0.2) is 23.4 Å². The standard InChI is InChI=1S/C9H6ClF2NO3/c10-5-3-4(9(15)16)1-2-6(5)13-8(14)7(11)12/h1-3,7H,(H,13,14)(H,15,16). The Hall–Kier alpha value is -1.69. The lowest BCUT2D eigenvalue weighted by Crippen LogP contribution is -2.20. The van der Waals surface area contributed by atoms with Gasteiger partial charge in [-0.25, -0.2) is 4.79 Å². The van der Waals surface area contributed by atoms with Gasteiger partial charge in [-0.3, -0.25) is 4.79 Å². The van der Waals surface area contributed by atoms with Crippen molar-refractivity contribution in [1.29, 1.82) is 0 Å². The van der Waals surface area contributed by atoms with Crippen molar-refractivity contribution >= 4 is 29.2 Å². The quantitative estimate of drug-likeness (QED) is 0.863. The van der Waals surface area contributed by atoms with Crippen LogP contribution in [0, 0.1) is 0 Å². The smallest absolute Gasteiger partial charge is 0.335 e. The number of halogens is 3. The van der Waals surface area contributed by atoms with Crippen LogP contribution in [-0.2, 0) is 4.79 Å². The number of carboxylic acids is 1. The highest BCUT2D eigenvalue weighted by molar-refractivity contribution is 6.34. The molecule has 0 saturated carbocycles. The predicted octanol–water partition coefficient (Wildman–Crippen LogP) is 2.24. The molecule has 4 nitrogen and oxygen atoms in total. The predicted molar refractivity (Wildman–Crippen MR) is 53.0 cm³/mol.